The quantitative estimate of drug-likeness (QED) is 0.825. The van der Waals surface area contributed by atoms with Crippen LogP contribution in [0.5, 0.6) is 0 Å². The molecule has 0 N–H and O–H groups in total. The van der Waals surface area contributed by atoms with Gasteiger partial charge in [0.1, 0.15) is 11.4 Å². The van der Waals surface area contributed by atoms with E-state index in [0.717, 1.165) is 12.3 Å². The summed E-state index contributed by atoms with van der Waals surface area (Å²) in [7, 11) is -3.44. The standard InChI is InChI=1S/C16H22FNO5S/c1-16(2,3)23-15(19)18-8-12(9-18)22-10-11-5-6-13(7-14(11)17)24(4,20)21/h5-7,12H,8-10H2,1-4H3. The Morgan fingerprint density at radius 3 is 2.46 bits per heavy atom. The Balaban J connectivity index is 1.83. The zero-order valence-corrected chi connectivity index (χ0v) is 15.0. The third kappa shape index (κ3) is 4.91. The molecule has 1 aromatic rings. The maximum atomic E-state index is 13.9. The summed E-state index contributed by atoms with van der Waals surface area (Å²) in [6.45, 7) is 6.17. The van der Waals surface area contributed by atoms with Gasteiger partial charge in [0.2, 0.25) is 0 Å². The van der Waals surface area contributed by atoms with Crippen molar-refractivity contribution in [3.05, 3.63) is 29.6 Å². The van der Waals surface area contributed by atoms with Crippen LogP contribution in [0.4, 0.5) is 9.18 Å². The zero-order chi connectivity index (χ0) is 18.1. The largest absolute Gasteiger partial charge is 0.444 e. The Morgan fingerprint density at radius 2 is 1.96 bits per heavy atom. The Hall–Kier alpha value is -1.67. The lowest BCUT2D eigenvalue weighted by Crippen LogP contribution is -2.55. The Bertz CT molecular complexity index is 720. The third-order valence-corrected chi connectivity index (χ3v) is 4.54. The Kier molecular flexibility index (Phi) is 5.19. The first-order valence-corrected chi connectivity index (χ1v) is 9.43. The van der Waals surface area contributed by atoms with Crippen molar-refractivity contribution in [1.29, 1.82) is 0 Å². The summed E-state index contributed by atoms with van der Waals surface area (Å²) in [6, 6.07) is 3.74. The van der Waals surface area contributed by atoms with Crippen LogP contribution in [0.15, 0.2) is 23.1 Å². The van der Waals surface area contributed by atoms with Crippen molar-refractivity contribution in [2.45, 2.75) is 44.0 Å². The van der Waals surface area contributed by atoms with E-state index in [1.54, 1.807) is 20.8 Å². The minimum Gasteiger partial charge on any atom is -0.444 e. The molecule has 1 amide bonds. The van der Waals surface area contributed by atoms with E-state index in [-0.39, 0.29) is 23.2 Å². The van der Waals surface area contributed by atoms with E-state index < -0.39 is 27.3 Å². The number of hydrogen-bond donors (Lipinski definition) is 0. The van der Waals surface area contributed by atoms with Gasteiger partial charge in [0, 0.05) is 11.8 Å². The predicted molar refractivity (Wildman–Crippen MR) is 85.9 cm³/mol. The van der Waals surface area contributed by atoms with Crippen molar-refractivity contribution in [3.63, 3.8) is 0 Å². The number of ether oxygens (including phenoxy) is 2. The van der Waals surface area contributed by atoms with Gasteiger partial charge in [-0.2, -0.15) is 0 Å². The van der Waals surface area contributed by atoms with E-state index in [1.165, 1.54) is 17.0 Å². The number of hydrogen-bond acceptors (Lipinski definition) is 5. The molecule has 2 rings (SSSR count). The molecule has 0 atom stereocenters. The van der Waals surface area contributed by atoms with Gasteiger partial charge in [-0.25, -0.2) is 17.6 Å². The van der Waals surface area contributed by atoms with Crippen molar-refractivity contribution in [2.24, 2.45) is 0 Å². The minimum absolute atomic E-state index is 0.0166. The van der Waals surface area contributed by atoms with Crippen LogP contribution in [0, 0.1) is 5.82 Å². The number of nitrogens with zero attached hydrogens (tertiary/aromatic N) is 1. The monoisotopic (exact) mass is 359 g/mol. The number of carbonyl (C=O) groups is 1. The van der Waals surface area contributed by atoms with Crippen molar-refractivity contribution >= 4 is 15.9 Å². The van der Waals surface area contributed by atoms with Crippen LogP contribution in [-0.4, -0.2) is 50.5 Å². The van der Waals surface area contributed by atoms with Crippen molar-refractivity contribution in [1.82, 2.24) is 4.90 Å². The van der Waals surface area contributed by atoms with Gasteiger partial charge in [0.05, 0.1) is 30.7 Å². The van der Waals surface area contributed by atoms with Gasteiger partial charge >= 0.3 is 6.09 Å². The van der Waals surface area contributed by atoms with E-state index in [9.17, 15) is 17.6 Å². The maximum Gasteiger partial charge on any atom is 0.410 e. The molecular weight excluding hydrogens is 337 g/mol. The molecule has 0 unspecified atom stereocenters. The highest BCUT2D eigenvalue weighted by molar-refractivity contribution is 7.90. The van der Waals surface area contributed by atoms with Gasteiger partial charge < -0.3 is 14.4 Å². The number of halogens is 1. The van der Waals surface area contributed by atoms with Gasteiger partial charge in [0.15, 0.2) is 9.84 Å². The summed E-state index contributed by atoms with van der Waals surface area (Å²) in [5, 5.41) is 0. The molecular formula is C16H22FNO5S. The first kappa shape index (κ1) is 18.7. The number of sulfone groups is 1. The molecule has 6 nitrogen and oxygen atoms in total. The van der Waals surface area contributed by atoms with E-state index >= 15 is 0 Å². The molecule has 8 heteroatoms. The van der Waals surface area contributed by atoms with Crippen molar-refractivity contribution in [3.8, 4) is 0 Å². The molecule has 1 saturated heterocycles. The lowest BCUT2D eigenvalue weighted by atomic mass is 10.1. The SMILES string of the molecule is CC(C)(C)OC(=O)N1CC(OCc2ccc(S(C)(=O)=O)cc2F)C1. The number of amides is 1. The maximum absolute atomic E-state index is 13.9. The summed E-state index contributed by atoms with van der Waals surface area (Å²) in [4.78, 5) is 13.2. The highest BCUT2D eigenvalue weighted by Gasteiger charge is 2.34. The fourth-order valence-corrected chi connectivity index (χ4v) is 2.74. The second-order valence-corrected chi connectivity index (χ2v) is 8.86. The van der Waals surface area contributed by atoms with Gasteiger partial charge in [0.25, 0.3) is 0 Å². The summed E-state index contributed by atoms with van der Waals surface area (Å²) in [5.41, 5.74) is -0.272. The van der Waals surface area contributed by atoms with Crippen LogP contribution in [0.3, 0.4) is 0 Å². The molecule has 1 aromatic carbocycles. The summed E-state index contributed by atoms with van der Waals surface area (Å²) in [6.07, 6.45) is 0.440. The van der Waals surface area contributed by atoms with Crippen LogP contribution < -0.4 is 0 Å². The van der Waals surface area contributed by atoms with Crippen LogP contribution in [0.1, 0.15) is 26.3 Å². The molecule has 0 spiro atoms. The van der Waals surface area contributed by atoms with E-state index in [4.69, 9.17) is 9.47 Å². The third-order valence-electron chi connectivity index (χ3n) is 3.43. The molecule has 134 valence electrons. The second kappa shape index (κ2) is 6.68. The highest BCUT2D eigenvalue weighted by atomic mass is 32.2. The van der Waals surface area contributed by atoms with Crippen molar-refractivity contribution in [2.75, 3.05) is 19.3 Å². The number of likely N-dealkylation sites (tertiary alicyclic amines) is 1. The first-order chi connectivity index (χ1) is 11.0. The fraction of sp³-hybridized carbons (Fsp3) is 0.562. The molecule has 24 heavy (non-hydrogen) atoms. The summed E-state index contributed by atoms with van der Waals surface area (Å²) < 4.78 is 47.4. The molecule has 1 fully saturated rings. The van der Waals surface area contributed by atoms with E-state index in [1.807, 2.05) is 0 Å². The average molecular weight is 359 g/mol. The molecule has 1 heterocycles. The van der Waals surface area contributed by atoms with E-state index in [2.05, 4.69) is 0 Å². The normalized spacial score (nSPS) is 16.0. The van der Waals surface area contributed by atoms with Gasteiger partial charge in [-0.15, -0.1) is 0 Å². The number of carbonyl (C=O) groups excluding carboxylic acids is 1. The molecule has 0 radical (unpaired) electrons. The molecule has 0 saturated carbocycles. The zero-order valence-electron chi connectivity index (χ0n) is 14.2. The van der Waals surface area contributed by atoms with Crippen LogP contribution in [0.2, 0.25) is 0 Å². The van der Waals surface area contributed by atoms with Crippen molar-refractivity contribution < 1.29 is 27.1 Å². The van der Waals surface area contributed by atoms with Gasteiger partial charge in [-0.05, 0) is 32.9 Å². The number of benzene rings is 1. The lowest BCUT2D eigenvalue weighted by molar-refractivity contribution is -0.0696. The van der Waals surface area contributed by atoms with Gasteiger partial charge in [-0.3, -0.25) is 0 Å². The smallest absolute Gasteiger partial charge is 0.410 e. The van der Waals surface area contributed by atoms with Crippen LogP contribution >= 0.6 is 0 Å². The van der Waals surface area contributed by atoms with E-state index in [0.29, 0.717) is 13.1 Å². The topological polar surface area (TPSA) is 72.9 Å². The molecule has 0 bridgehead atoms. The highest BCUT2D eigenvalue weighted by Crippen LogP contribution is 2.20. The second-order valence-electron chi connectivity index (χ2n) is 6.84. The fourth-order valence-electron chi connectivity index (χ4n) is 2.10. The average Bonchev–Trinajstić information content (AvgIpc) is 2.35. The first-order valence-electron chi connectivity index (χ1n) is 7.54. The summed E-state index contributed by atoms with van der Waals surface area (Å²) in [5.74, 6) is -0.624. The van der Waals surface area contributed by atoms with Crippen LogP contribution in [0.25, 0.3) is 0 Å². The Morgan fingerprint density at radius 1 is 1.33 bits per heavy atom. The van der Waals surface area contributed by atoms with Crippen LogP contribution in [-0.2, 0) is 25.9 Å². The predicted octanol–water partition coefficient (Wildman–Crippen LogP) is 2.37. The molecule has 1 aliphatic heterocycles. The molecule has 0 aliphatic carbocycles. The minimum atomic E-state index is -3.44. The Labute approximate surface area is 141 Å². The molecule has 1 aliphatic rings. The number of rotatable bonds is 4. The molecule has 0 aromatic heterocycles. The summed E-state index contributed by atoms with van der Waals surface area (Å²) >= 11 is 0. The lowest BCUT2D eigenvalue weighted by Gasteiger charge is -2.39. The van der Waals surface area contributed by atoms with Gasteiger partial charge in [-0.1, -0.05) is 6.07 Å².